The Hall–Kier alpha value is -3.90. The van der Waals surface area contributed by atoms with Gasteiger partial charge in [0.1, 0.15) is 11.9 Å². The van der Waals surface area contributed by atoms with Crippen molar-refractivity contribution in [2.75, 3.05) is 0 Å². The van der Waals surface area contributed by atoms with Gasteiger partial charge in [-0.15, -0.1) is 0 Å². The van der Waals surface area contributed by atoms with Crippen molar-refractivity contribution < 1.29 is 4.39 Å². The lowest BCUT2D eigenvalue weighted by atomic mass is 9.99. The molecular weight excluding hydrogens is 347 g/mol. The molecule has 0 aliphatic rings. The number of para-hydroxylation sites is 3. The Kier molecular flexibility index (Phi) is 3.70. The minimum absolute atomic E-state index is 0.306. The molecule has 0 radical (unpaired) electrons. The van der Waals surface area contributed by atoms with Crippen molar-refractivity contribution in [1.29, 1.82) is 5.26 Å². The zero-order valence-electron chi connectivity index (χ0n) is 14.9. The molecule has 0 spiro atoms. The van der Waals surface area contributed by atoms with Gasteiger partial charge in [0.25, 0.3) is 0 Å². The quantitative estimate of drug-likeness (QED) is 0.354. The number of hydrogen-bond donors (Lipinski definition) is 0. The summed E-state index contributed by atoms with van der Waals surface area (Å²) < 4.78 is 16.7. The van der Waals surface area contributed by atoms with Gasteiger partial charge in [0.15, 0.2) is 0 Å². The first-order chi connectivity index (χ1) is 13.8. The third-order valence-corrected chi connectivity index (χ3v) is 5.12. The molecule has 3 heteroatoms. The molecule has 0 saturated heterocycles. The molecule has 28 heavy (non-hydrogen) atoms. The second-order valence-electron chi connectivity index (χ2n) is 6.66. The van der Waals surface area contributed by atoms with E-state index in [2.05, 4.69) is 22.8 Å². The fraction of sp³-hybridized carbons (Fsp3) is 0. The highest BCUT2D eigenvalue weighted by Crippen LogP contribution is 2.38. The molecule has 1 aromatic heterocycles. The molecule has 0 aliphatic carbocycles. The Balaban J connectivity index is 1.99. The van der Waals surface area contributed by atoms with Gasteiger partial charge in [0.2, 0.25) is 0 Å². The first-order valence-electron chi connectivity index (χ1n) is 9.06. The Morgan fingerprint density at radius 2 is 1.21 bits per heavy atom. The predicted molar refractivity (Wildman–Crippen MR) is 111 cm³/mol. The Labute approximate surface area is 161 Å². The largest absolute Gasteiger partial charge is 0.307 e. The normalized spacial score (nSPS) is 11.0. The van der Waals surface area contributed by atoms with Crippen LogP contribution in [-0.2, 0) is 0 Å². The average molecular weight is 362 g/mol. The molecule has 0 aliphatic heterocycles. The third-order valence-electron chi connectivity index (χ3n) is 5.12. The lowest BCUT2D eigenvalue weighted by Crippen LogP contribution is -2.01. The molecule has 0 fully saturated rings. The molecule has 5 aromatic rings. The summed E-state index contributed by atoms with van der Waals surface area (Å²) in [7, 11) is 0. The summed E-state index contributed by atoms with van der Waals surface area (Å²) in [6, 6.07) is 30.6. The molecule has 132 valence electrons. The van der Waals surface area contributed by atoms with Crippen molar-refractivity contribution in [2.24, 2.45) is 0 Å². The van der Waals surface area contributed by atoms with Crippen molar-refractivity contribution in [3.05, 3.63) is 102 Å². The molecule has 5 rings (SSSR count). The summed E-state index contributed by atoms with van der Waals surface area (Å²) >= 11 is 0. The van der Waals surface area contributed by atoms with Crippen molar-refractivity contribution in [3.8, 4) is 22.9 Å². The smallest absolute Gasteiger partial charge is 0.131 e. The van der Waals surface area contributed by atoms with E-state index in [-0.39, 0.29) is 5.82 Å². The standard InChI is InChI=1S/C25H15FN2/c26-22-13-4-1-9-18(22)21-12-7-8-17(16-27)25(21)28-23-14-5-2-10-19(23)20-11-3-6-15-24(20)28/h1-15H. The minimum atomic E-state index is -0.306. The molecule has 0 atom stereocenters. The fourth-order valence-corrected chi connectivity index (χ4v) is 3.94. The molecule has 0 unspecified atom stereocenters. The summed E-state index contributed by atoms with van der Waals surface area (Å²) in [5, 5.41) is 12.0. The molecule has 0 bridgehead atoms. The molecule has 2 nitrogen and oxygen atoms in total. The summed E-state index contributed by atoms with van der Waals surface area (Å²) in [6.45, 7) is 0. The van der Waals surface area contributed by atoms with Gasteiger partial charge < -0.3 is 4.57 Å². The van der Waals surface area contributed by atoms with E-state index < -0.39 is 0 Å². The first-order valence-corrected chi connectivity index (χ1v) is 9.06. The van der Waals surface area contributed by atoms with Crippen LogP contribution in [-0.4, -0.2) is 4.57 Å². The number of aromatic nitrogens is 1. The van der Waals surface area contributed by atoms with E-state index in [0.29, 0.717) is 22.4 Å². The van der Waals surface area contributed by atoms with E-state index in [1.807, 2.05) is 48.5 Å². The van der Waals surface area contributed by atoms with E-state index in [4.69, 9.17) is 0 Å². The first kappa shape index (κ1) is 16.3. The highest BCUT2D eigenvalue weighted by atomic mass is 19.1. The molecule has 0 amide bonds. The van der Waals surface area contributed by atoms with Crippen molar-refractivity contribution in [3.63, 3.8) is 0 Å². The molecule has 0 N–H and O–H groups in total. The van der Waals surface area contributed by atoms with Crippen LogP contribution in [0, 0.1) is 17.1 Å². The number of nitriles is 1. The molecule has 0 saturated carbocycles. The lowest BCUT2D eigenvalue weighted by Gasteiger charge is -2.16. The van der Waals surface area contributed by atoms with Crippen LogP contribution < -0.4 is 0 Å². The van der Waals surface area contributed by atoms with Crippen molar-refractivity contribution in [2.45, 2.75) is 0 Å². The van der Waals surface area contributed by atoms with Crippen LogP contribution in [0.3, 0.4) is 0 Å². The topological polar surface area (TPSA) is 28.7 Å². The minimum Gasteiger partial charge on any atom is -0.307 e. The number of nitrogens with zero attached hydrogens (tertiary/aromatic N) is 2. The van der Waals surface area contributed by atoms with Gasteiger partial charge in [-0.1, -0.05) is 66.7 Å². The Bertz CT molecular complexity index is 1340. The number of fused-ring (bicyclic) bond motifs is 3. The van der Waals surface area contributed by atoms with Crippen LogP contribution in [0.1, 0.15) is 5.56 Å². The van der Waals surface area contributed by atoms with Crippen LogP contribution in [0.5, 0.6) is 0 Å². The van der Waals surface area contributed by atoms with Crippen LogP contribution in [0.2, 0.25) is 0 Å². The second kappa shape index (κ2) is 6.37. The summed E-state index contributed by atoms with van der Waals surface area (Å²) in [4.78, 5) is 0. The summed E-state index contributed by atoms with van der Waals surface area (Å²) in [5.41, 5.74) is 4.37. The van der Waals surface area contributed by atoms with Crippen molar-refractivity contribution in [1.82, 2.24) is 4.57 Å². The van der Waals surface area contributed by atoms with E-state index in [1.165, 1.54) is 6.07 Å². The molecular formula is C25H15FN2. The van der Waals surface area contributed by atoms with Gasteiger partial charge in [0.05, 0.1) is 22.3 Å². The number of rotatable bonds is 2. The maximum atomic E-state index is 14.7. The number of halogens is 1. The SMILES string of the molecule is N#Cc1cccc(-c2ccccc2F)c1-n1c2ccccc2c2ccccc21. The van der Waals surface area contributed by atoms with Crippen LogP contribution in [0.25, 0.3) is 38.6 Å². The Morgan fingerprint density at radius 1 is 0.643 bits per heavy atom. The van der Waals surface area contributed by atoms with E-state index >= 15 is 0 Å². The molecule has 1 heterocycles. The van der Waals surface area contributed by atoms with Gasteiger partial charge in [-0.05, 0) is 24.3 Å². The van der Waals surface area contributed by atoms with Crippen LogP contribution >= 0.6 is 0 Å². The van der Waals surface area contributed by atoms with E-state index in [9.17, 15) is 9.65 Å². The average Bonchev–Trinajstić information content (AvgIpc) is 3.08. The molecule has 4 aromatic carbocycles. The number of hydrogen-bond acceptors (Lipinski definition) is 1. The zero-order valence-corrected chi connectivity index (χ0v) is 14.9. The zero-order chi connectivity index (χ0) is 19.1. The van der Waals surface area contributed by atoms with Gasteiger partial charge in [-0.2, -0.15) is 5.26 Å². The van der Waals surface area contributed by atoms with E-state index in [1.54, 1.807) is 24.3 Å². The highest BCUT2D eigenvalue weighted by molar-refractivity contribution is 6.10. The van der Waals surface area contributed by atoms with Crippen LogP contribution in [0.4, 0.5) is 4.39 Å². The maximum Gasteiger partial charge on any atom is 0.131 e. The van der Waals surface area contributed by atoms with Gasteiger partial charge in [0, 0.05) is 21.9 Å². The lowest BCUT2D eigenvalue weighted by molar-refractivity contribution is 0.631. The third kappa shape index (κ3) is 2.32. The highest BCUT2D eigenvalue weighted by Gasteiger charge is 2.19. The number of benzene rings is 4. The van der Waals surface area contributed by atoms with Gasteiger partial charge in [-0.3, -0.25) is 0 Å². The van der Waals surface area contributed by atoms with Crippen molar-refractivity contribution >= 4 is 21.8 Å². The second-order valence-corrected chi connectivity index (χ2v) is 6.66. The maximum absolute atomic E-state index is 14.7. The Morgan fingerprint density at radius 3 is 1.86 bits per heavy atom. The summed E-state index contributed by atoms with van der Waals surface area (Å²) in [5.74, 6) is -0.306. The predicted octanol–water partition coefficient (Wildman–Crippen LogP) is 6.46. The van der Waals surface area contributed by atoms with Crippen LogP contribution in [0.15, 0.2) is 91.0 Å². The fourth-order valence-electron chi connectivity index (χ4n) is 3.94. The monoisotopic (exact) mass is 362 g/mol. The summed E-state index contributed by atoms with van der Waals surface area (Å²) in [6.07, 6.45) is 0. The van der Waals surface area contributed by atoms with E-state index in [0.717, 1.165) is 21.8 Å². The van der Waals surface area contributed by atoms with Gasteiger partial charge >= 0.3 is 0 Å². The van der Waals surface area contributed by atoms with Gasteiger partial charge in [-0.25, -0.2) is 4.39 Å².